The highest BCUT2D eigenvalue weighted by Crippen LogP contribution is 2.46. The third kappa shape index (κ3) is 4.90. The highest BCUT2D eigenvalue weighted by molar-refractivity contribution is 6.31. The summed E-state index contributed by atoms with van der Waals surface area (Å²) in [5.41, 5.74) is 2.69. The second kappa shape index (κ2) is 10.9. The molecule has 2 amide bonds. The molecule has 1 aliphatic heterocycles. The van der Waals surface area contributed by atoms with Crippen LogP contribution in [0.2, 0.25) is 5.02 Å². The van der Waals surface area contributed by atoms with Gasteiger partial charge in [-0.2, -0.15) is 0 Å². The Kier molecular flexibility index (Phi) is 7.38. The van der Waals surface area contributed by atoms with Crippen molar-refractivity contribution in [3.63, 3.8) is 0 Å². The number of rotatable bonds is 6. The van der Waals surface area contributed by atoms with Crippen LogP contribution in [0.1, 0.15) is 65.5 Å². The van der Waals surface area contributed by atoms with Gasteiger partial charge in [-0.1, -0.05) is 61.2 Å². The Morgan fingerprint density at radius 1 is 0.946 bits per heavy atom. The molecule has 37 heavy (non-hydrogen) atoms. The first-order valence-corrected chi connectivity index (χ1v) is 13.1. The number of nitrogens with one attached hydrogen (secondary N) is 1. The number of halogens is 1. The lowest BCUT2D eigenvalue weighted by Gasteiger charge is -2.46. The number of methoxy groups -OCH3 is 2. The Labute approximate surface area is 222 Å². The fourth-order valence-electron chi connectivity index (χ4n) is 5.74. The van der Waals surface area contributed by atoms with E-state index in [1.807, 2.05) is 53.4 Å². The van der Waals surface area contributed by atoms with Crippen LogP contribution >= 0.6 is 11.6 Å². The predicted molar refractivity (Wildman–Crippen MR) is 145 cm³/mol. The molecule has 1 saturated carbocycles. The van der Waals surface area contributed by atoms with Gasteiger partial charge in [-0.05, 0) is 60.4 Å². The van der Waals surface area contributed by atoms with E-state index in [9.17, 15) is 9.59 Å². The molecule has 2 aliphatic rings. The van der Waals surface area contributed by atoms with Gasteiger partial charge in [0.1, 0.15) is 11.5 Å². The number of carbonyl (C=O) groups excluding carboxylic acids is 2. The number of nitrogens with zero attached hydrogens (tertiary/aromatic N) is 1. The van der Waals surface area contributed by atoms with E-state index >= 15 is 0 Å². The Balaban J connectivity index is 1.64. The van der Waals surface area contributed by atoms with E-state index in [0.29, 0.717) is 22.0 Å². The number of ether oxygens (including phenoxy) is 2. The largest absolute Gasteiger partial charge is 0.497 e. The second-order valence-electron chi connectivity index (χ2n) is 9.62. The molecule has 6 nitrogen and oxygen atoms in total. The molecular formula is C30H31ClN2O4. The van der Waals surface area contributed by atoms with Gasteiger partial charge in [0.25, 0.3) is 5.91 Å². The molecule has 7 heteroatoms. The zero-order chi connectivity index (χ0) is 25.9. The van der Waals surface area contributed by atoms with E-state index in [4.69, 9.17) is 21.1 Å². The van der Waals surface area contributed by atoms with E-state index in [2.05, 4.69) is 5.32 Å². The molecule has 0 radical (unpaired) electrons. The van der Waals surface area contributed by atoms with Gasteiger partial charge in [-0.15, -0.1) is 0 Å². The molecule has 0 bridgehead atoms. The minimum Gasteiger partial charge on any atom is -0.497 e. The van der Waals surface area contributed by atoms with Crippen LogP contribution in [0, 0.1) is 0 Å². The fraction of sp³-hybridized carbons (Fsp3) is 0.333. The van der Waals surface area contributed by atoms with Crippen molar-refractivity contribution < 1.29 is 19.1 Å². The monoisotopic (exact) mass is 518 g/mol. The summed E-state index contributed by atoms with van der Waals surface area (Å²) < 4.78 is 10.9. The standard InChI is InChI=1S/C30H31ClN2O4/c1-36-22-15-12-19(13-16-22)28-27(29(34)32-25-18-20(31)14-17-26(25)37-2)23-10-6-7-11-24(23)30(35)33(28)21-8-4-3-5-9-21/h6-7,10-18,21,27-28H,3-5,8-9H2,1-2H3,(H,32,34)/t27-,28+/m1/s1. The van der Waals surface area contributed by atoms with E-state index in [1.165, 1.54) is 6.42 Å². The highest BCUT2D eigenvalue weighted by Gasteiger charge is 2.46. The third-order valence-electron chi connectivity index (χ3n) is 7.50. The van der Waals surface area contributed by atoms with E-state index in [-0.39, 0.29) is 17.9 Å². The van der Waals surface area contributed by atoms with E-state index in [1.54, 1.807) is 32.4 Å². The molecule has 3 aromatic carbocycles. The van der Waals surface area contributed by atoms with Gasteiger partial charge in [0.05, 0.1) is 31.9 Å². The van der Waals surface area contributed by atoms with Crippen molar-refractivity contribution in [1.82, 2.24) is 4.90 Å². The predicted octanol–water partition coefficient (Wildman–Crippen LogP) is 6.61. The topological polar surface area (TPSA) is 67.9 Å². The quantitative estimate of drug-likeness (QED) is 0.398. The maximum Gasteiger partial charge on any atom is 0.254 e. The minimum atomic E-state index is -0.632. The SMILES string of the molecule is COc1ccc([C@H]2[C@H](C(=O)Nc3cc(Cl)ccc3OC)c3ccccc3C(=O)N2C2CCCCC2)cc1. The van der Waals surface area contributed by atoms with Crippen LogP contribution in [-0.2, 0) is 4.79 Å². The summed E-state index contributed by atoms with van der Waals surface area (Å²) in [7, 11) is 3.18. The van der Waals surface area contributed by atoms with Crippen molar-refractivity contribution in [2.45, 2.75) is 50.1 Å². The Morgan fingerprint density at radius 3 is 2.38 bits per heavy atom. The maximum atomic E-state index is 14.2. The van der Waals surface area contributed by atoms with Crippen molar-refractivity contribution in [3.8, 4) is 11.5 Å². The maximum absolute atomic E-state index is 14.2. The number of benzene rings is 3. The van der Waals surface area contributed by atoms with Crippen LogP contribution in [0.5, 0.6) is 11.5 Å². The first kappa shape index (κ1) is 25.2. The smallest absolute Gasteiger partial charge is 0.254 e. The number of hydrogen-bond donors (Lipinski definition) is 1. The second-order valence-corrected chi connectivity index (χ2v) is 10.1. The molecule has 3 aromatic rings. The van der Waals surface area contributed by atoms with Crippen LogP contribution < -0.4 is 14.8 Å². The summed E-state index contributed by atoms with van der Waals surface area (Å²) >= 11 is 6.25. The summed E-state index contributed by atoms with van der Waals surface area (Å²) in [4.78, 5) is 30.2. The lowest BCUT2D eigenvalue weighted by Crippen LogP contribution is -2.51. The van der Waals surface area contributed by atoms with Gasteiger partial charge >= 0.3 is 0 Å². The van der Waals surface area contributed by atoms with Crippen LogP contribution in [0.15, 0.2) is 66.7 Å². The van der Waals surface area contributed by atoms with Crippen molar-refractivity contribution in [2.24, 2.45) is 0 Å². The Hall–Kier alpha value is -3.51. The van der Waals surface area contributed by atoms with Gasteiger partial charge in [0.2, 0.25) is 5.91 Å². The molecule has 5 rings (SSSR count). The number of anilines is 1. The van der Waals surface area contributed by atoms with Crippen molar-refractivity contribution in [2.75, 3.05) is 19.5 Å². The number of fused-ring (bicyclic) bond motifs is 1. The Bertz CT molecular complexity index is 1290. The molecule has 1 N–H and O–H groups in total. The summed E-state index contributed by atoms with van der Waals surface area (Å²) in [6.07, 6.45) is 5.17. The summed E-state index contributed by atoms with van der Waals surface area (Å²) in [5, 5.41) is 3.55. The average molecular weight is 519 g/mol. The first-order chi connectivity index (χ1) is 18.0. The van der Waals surface area contributed by atoms with Crippen LogP contribution in [0.25, 0.3) is 0 Å². The molecule has 2 atom stereocenters. The van der Waals surface area contributed by atoms with Gasteiger partial charge in [-0.3, -0.25) is 9.59 Å². The molecule has 0 unspecified atom stereocenters. The first-order valence-electron chi connectivity index (χ1n) is 12.7. The molecule has 1 aliphatic carbocycles. The number of amides is 2. The molecule has 192 valence electrons. The number of hydrogen-bond acceptors (Lipinski definition) is 4. The van der Waals surface area contributed by atoms with Gasteiger partial charge in [-0.25, -0.2) is 0 Å². The van der Waals surface area contributed by atoms with Gasteiger partial charge in [0, 0.05) is 16.6 Å². The zero-order valence-electron chi connectivity index (χ0n) is 21.1. The minimum absolute atomic E-state index is 0.0206. The average Bonchev–Trinajstić information content (AvgIpc) is 2.93. The van der Waals surface area contributed by atoms with Crippen LogP contribution in [0.3, 0.4) is 0 Å². The summed E-state index contributed by atoms with van der Waals surface area (Å²) in [5.74, 6) is 0.367. The summed E-state index contributed by atoms with van der Waals surface area (Å²) in [6.45, 7) is 0. The Morgan fingerprint density at radius 2 is 1.68 bits per heavy atom. The van der Waals surface area contributed by atoms with Gasteiger partial charge < -0.3 is 19.7 Å². The van der Waals surface area contributed by atoms with Gasteiger partial charge in [0.15, 0.2) is 0 Å². The third-order valence-corrected chi connectivity index (χ3v) is 7.74. The zero-order valence-corrected chi connectivity index (χ0v) is 21.8. The molecule has 0 spiro atoms. The summed E-state index contributed by atoms with van der Waals surface area (Å²) in [6, 6.07) is 19.9. The lowest BCUT2D eigenvalue weighted by molar-refractivity contribution is -0.119. The van der Waals surface area contributed by atoms with Crippen molar-refractivity contribution in [1.29, 1.82) is 0 Å². The normalized spacial score (nSPS) is 19.8. The van der Waals surface area contributed by atoms with Crippen LogP contribution in [0.4, 0.5) is 5.69 Å². The molecule has 0 saturated heterocycles. The van der Waals surface area contributed by atoms with E-state index in [0.717, 1.165) is 42.6 Å². The van der Waals surface area contributed by atoms with E-state index < -0.39 is 12.0 Å². The van der Waals surface area contributed by atoms with Crippen LogP contribution in [-0.4, -0.2) is 37.0 Å². The van der Waals surface area contributed by atoms with Crippen molar-refractivity contribution >= 4 is 29.1 Å². The fourth-order valence-corrected chi connectivity index (χ4v) is 5.91. The molecule has 0 aromatic heterocycles. The highest BCUT2D eigenvalue weighted by atomic mass is 35.5. The molecular weight excluding hydrogens is 488 g/mol. The lowest BCUT2D eigenvalue weighted by atomic mass is 9.77. The molecule has 1 fully saturated rings. The number of carbonyl (C=O) groups is 2. The molecule has 1 heterocycles. The van der Waals surface area contributed by atoms with Crippen molar-refractivity contribution in [3.05, 3.63) is 88.4 Å².